The summed E-state index contributed by atoms with van der Waals surface area (Å²) in [4.78, 5) is 13.7. The van der Waals surface area contributed by atoms with Gasteiger partial charge in [0.15, 0.2) is 0 Å². The SMILES string of the molecule is Cc1ccc2c(c1)N1C(=O)CC[C@H]1CO2. The van der Waals surface area contributed by atoms with Gasteiger partial charge in [0.25, 0.3) is 0 Å². The smallest absolute Gasteiger partial charge is 0.227 e. The lowest BCUT2D eigenvalue weighted by molar-refractivity contribution is -0.117. The van der Waals surface area contributed by atoms with E-state index in [9.17, 15) is 4.79 Å². The van der Waals surface area contributed by atoms with Crippen molar-refractivity contribution in [1.29, 1.82) is 0 Å². The molecule has 3 heteroatoms. The zero-order valence-electron chi connectivity index (χ0n) is 8.69. The van der Waals surface area contributed by atoms with Crippen molar-refractivity contribution in [3.8, 4) is 5.75 Å². The van der Waals surface area contributed by atoms with Crippen LogP contribution in [0.3, 0.4) is 0 Å². The molecule has 1 aromatic carbocycles. The highest BCUT2D eigenvalue weighted by Gasteiger charge is 2.37. The molecule has 0 spiro atoms. The molecule has 0 N–H and O–H groups in total. The number of fused-ring (bicyclic) bond motifs is 3. The van der Waals surface area contributed by atoms with E-state index in [0.717, 1.165) is 23.4 Å². The maximum atomic E-state index is 11.8. The molecule has 2 heterocycles. The fraction of sp³-hybridized carbons (Fsp3) is 0.417. The summed E-state index contributed by atoms with van der Waals surface area (Å²) in [5.74, 6) is 1.07. The lowest BCUT2D eigenvalue weighted by Gasteiger charge is -2.32. The normalized spacial score (nSPS) is 23.4. The number of carbonyl (C=O) groups is 1. The highest BCUT2D eigenvalue weighted by atomic mass is 16.5. The predicted octanol–water partition coefficient (Wildman–Crippen LogP) is 1.88. The largest absolute Gasteiger partial charge is 0.489 e. The van der Waals surface area contributed by atoms with Crippen molar-refractivity contribution in [3.05, 3.63) is 23.8 Å². The zero-order chi connectivity index (χ0) is 10.4. The Morgan fingerprint density at radius 1 is 1.47 bits per heavy atom. The van der Waals surface area contributed by atoms with Crippen LogP contribution < -0.4 is 9.64 Å². The highest BCUT2D eigenvalue weighted by Crippen LogP contribution is 2.38. The van der Waals surface area contributed by atoms with Gasteiger partial charge in [-0.3, -0.25) is 4.79 Å². The molecule has 1 amide bonds. The molecule has 0 aromatic heterocycles. The van der Waals surface area contributed by atoms with E-state index < -0.39 is 0 Å². The summed E-state index contributed by atoms with van der Waals surface area (Å²) in [5.41, 5.74) is 2.12. The Kier molecular flexibility index (Phi) is 1.75. The first-order chi connectivity index (χ1) is 7.25. The van der Waals surface area contributed by atoms with Gasteiger partial charge in [0.2, 0.25) is 5.91 Å². The van der Waals surface area contributed by atoms with E-state index in [-0.39, 0.29) is 11.9 Å². The average molecular weight is 203 g/mol. The summed E-state index contributed by atoms with van der Waals surface area (Å²) in [6.07, 6.45) is 1.58. The first-order valence-corrected chi connectivity index (χ1v) is 5.31. The van der Waals surface area contributed by atoms with E-state index in [2.05, 4.69) is 0 Å². The number of amides is 1. The van der Waals surface area contributed by atoms with Crippen LogP contribution in [0.25, 0.3) is 0 Å². The van der Waals surface area contributed by atoms with Crippen LogP contribution in [0.15, 0.2) is 18.2 Å². The van der Waals surface area contributed by atoms with Crippen molar-refractivity contribution in [3.63, 3.8) is 0 Å². The quantitative estimate of drug-likeness (QED) is 0.644. The molecule has 1 saturated heterocycles. The van der Waals surface area contributed by atoms with Gasteiger partial charge in [-0.15, -0.1) is 0 Å². The molecule has 0 bridgehead atoms. The topological polar surface area (TPSA) is 29.5 Å². The summed E-state index contributed by atoms with van der Waals surface area (Å²) in [6.45, 7) is 2.67. The third-order valence-electron chi connectivity index (χ3n) is 3.13. The fourth-order valence-electron chi connectivity index (χ4n) is 2.36. The van der Waals surface area contributed by atoms with Crippen molar-refractivity contribution < 1.29 is 9.53 Å². The van der Waals surface area contributed by atoms with Crippen molar-refractivity contribution in [1.82, 2.24) is 0 Å². The van der Waals surface area contributed by atoms with Crippen LogP contribution >= 0.6 is 0 Å². The molecule has 3 rings (SSSR count). The monoisotopic (exact) mass is 203 g/mol. The average Bonchev–Trinajstić information content (AvgIpc) is 2.60. The summed E-state index contributed by atoms with van der Waals surface area (Å²) in [7, 11) is 0. The Labute approximate surface area is 88.6 Å². The Morgan fingerprint density at radius 2 is 2.33 bits per heavy atom. The van der Waals surface area contributed by atoms with E-state index in [0.29, 0.717) is 13.0 Å². The minimum atomic E-state index is 0.232. The number of nitrogens with zero attached hydrogens (tertiary/aromatic N) is 1. The van der Waals surface area contributed by atoms with Crippen LogP contribution in [-0.4, -0.2) is 18.6 Å². The maximum absolute atomic E-state index is 11.8. The summed E-state index contributed by atoms with van der Waals surface area (Å²) in [6, 6.07) is 6.25. The molecule has 0 saturated carbocycles. The van der Waals surface area contributed by atoms with Gasteiger partial charge in [0.05, 0.1) is 11.7 Å². The number of anilines is 1. The van der Waals surface area contributed by atoms with Gasteiger partial charge in [-0.1, -0.05) is 6.07 Å². The Bertz CT molecular complexity index is 428. The summed E-state index contributed by atoms with van der Waals surface area (Å²) in [5, 5.41) is 0. The van der Waals surface area contributed by atoms with Gasteiger partial charge in [-0.25, -0.2) is 0 Å². The summed E-state index contributed by atoms with van der Waals surface area (Å²) >= 11 is 0. The number of benzene rings is 1. The van der Waals surface area contributed by atoms with Crippen molar-refractivity contribution in [2.24, 2.45) is 0 Å². The second-order valence-corrected chi connectivity index (χ2v) is 4.24. The van der Waals surface area contributed by atoms with E-state index in [1.54, 1.807) is 0 Å². The van der Waals surface area contributed by atoms with Crippen LogP contribution in [0, 0.1) is 6.92 Å². The molecule has 78 valence electrons. The first kappa shape index (κ1) is 8.77. The van der Waals surface area contributed by atoms with Crippen LogP contribution in [0.2, 0.25) is 0 Å². The molecule has 0 aliphatic carbocycles. The van der Waals surface area contributed by atoms with Crippen molar-refractivity contribution in [2.75, 3.05) is 11.5 Å². The van der Waals surface area contributed by atoms with Gasteiger partial charge in [-0.2, -0.15) is 0 Å². The van der Waals surface area contributed by atoms with E-state index in [4.69, 9.17) is 4.74 Å². The van der Waals surface area contributed by atoms with Gasteiger partial charge < -0.3 is 9.64 Å². The van der Waals surface area contributed by atoms with Crippen LogP contribution in [0.4, 0.5) is 5.69 Å². The number of carbonyl (C=O) groups excluding carboxylic acids is 1. The second kappa shape index (κ2) is 2.99. The molecule has 1 aromatic rings. The van der Waals surface area contributed by atoms with Crippen LogP contribution in [-0.2, 0) is 4.79 Å². The minimum Gasteiger partial charge on any atom is -0.489 e. The molecule has 0 unspecified atom stereocenters. The molecule has 1 atom stereocenters. The van der Waals surface area contributed by atoms with Crippen molar-refractivity contribution in [2.45, 2.75) is 25.8 Å². The molecular formula is C12H13NO2. The van der Waals surface area contributed by atoms with E-state index in [1.807, 2.05) is 30.0 Å². The molecule has 2 aliphatic heterocycles. The number of aryl methyl sites for hydroxylation is 1. The van der Waals surface area contributed by atoms with Gasteiger partial charge in [0, 0.05) is 6.42 Å². The lowest BCUT2D eigenvalue weighted by Crippen LogP contribution is -2.40. The summed E-state index contributed by atoms with van der Waals surface area (Å²) < 4.78 is 5.65. The molecular weight excluding hydrogens is 190 g/mol. The van der Waals surface area contributed by atoms with Crippen molar-refractivity contribution >= 4 is 11.6 Å². The van der Waals surface area contributed by atoms with Crippen LogP contribution in [0.5, 0.6) is 5.75 Å². The molecule has 0 radical (unpaired) electrons. The van der Waals surface area contributed by atoms with E-state index in [1.165, 1.54) is 0 Å². The predicted molar refractivity (Wildman–Crippen MR) is 57.2 cm³/mol. The Hall–Kier alpha value is -1.51. The standard InChI is InChI=1S/C12H13NO2/c1-8-2-4-11-10(6-8)13-9(7-15-11)3-5-12(13)14/h2,4,6,9H,3,5,7H2,1H3/t9-/m0/s1. The maximum Gasteiger partial charge on any atom is 0.227 e. The number of rotatable bonds is 0. The van der Waals surface area contributed by atoms with Crippen LogP contribution in [0.1, 0.15) is 18.4 Å². The Morgan fingerprint density at radius 3 is 3.20 bits per heavy atom. The third kappa shape index (κ3) is 1.23. The second-order valence-electron chi connectivity index (χ2n) is 4.24. The highest BCUT2D eigenvalue weighted by molar-refractivity contribution is 5.98. The number of hydrogen-bond acceptors (Lipinski definition) is 2. The van der Waals surface area contributed by atoms with Gasteiger partial charge in [-0.05, 0) is 31.0 Å². The zero-order valence-corrected chi connectivity index (χ0v) is 8.69. The Balaban J connectivity index is 2.12. The van der Waals surface area contributed by atoms with E-state index >= 15 is 0 Å². The van der Waals surface area contributed by atoms with Gasteiger partial charge >= 0.3 is 0 Å². The fourth-order valence-corrected chi connectivity index (χ4v) is 2.36. The van der Waals surface area contributed by atoms with Gasteiger partial charge in [0.1, 0.15) is 12.4 Å². The number of ether oxygens (including phenoxy) is 1. The third-order valence-corrected chi connectivity index (χ3v) is 3.13. The first-order valence-electron chi connectivity index (χ1n) is 5.31. The number of hydrogen-bond donors (Lipinski definition) is 0. The molecule has 2 aliphatic rings. The minimum absolute atomic E-state index is 0.232. The lowest BCUT2D eigenvalue weighted by atomic mass is 10.1. The molecule has 1 fully saturated rings. The molecule has 15 heavy (non-hydrogen) atoms. The molecule has 3 nitrogen and oxygen atoms in total.